The molecule has 0 aromatic heterocycles. The minimum atomic E-state index is -0.835. The third kappa shape index (κ3) is 4.67. The topological polar surface area (TPSA) is 55.8 Å². The molecule has 1 aliphatic heterocycles. The maximum Gasteiger partial charge on any atom is 0.346 e. The first-order valence-electron chi connectivity index (χ1n) is 9.87. The summed E-state index contributed by atoms with van der Waals surface area (Å²) in [5.41, 5.74) is 2.17. The molecule has 1 heterocycles. The molecule has 0 N–H and O–H groups in total. The lowest BCUT2D eigenvalue weighted by Gasteiger charge is -2.16. The zero-order valence-electron chi connectivity index (χ0n) is 17.7. The number of para-hydroxylation sites is 1. The van der Waals surface area contributed by atoms with Crippen molar-refractivity contribution in [3.05, 3.63) is 94.1 Å². The third-order valence-corrected chi connectivity index (χ3v) is 6.23. The van der Waals surface area contributed by atoms with Crippen molar-refractivity contribution in [2.75, 3.05) is 12.0 Å². The minimum Gasteiger partial charge on any atom is -0.493 e. The number of rotatable bonds is 5. The van der Waals surface area contributed by atoms with Crippen LogP contribution in [0.4, 0.5) is 10.1 Å². The second kappa shape index (κ2) is 9.56. The average Bonchev–Trinajstić information content (AvgIpc) is 3.08. The van der Waals surface area contributed by atoms with E-state index in [0.717, 1.165) is 11.3 Å². The first kappa shape index (κ1) is 22.7. The number of carbonyl (C=O) groups is 2. The van der Waals surface area contributed by atoms with Crippen LogP contribution >= 0.6 is 24.0 Å². The normalized spacial score (nSPS) is 14.6. The van der Waals surface area contributed by atoms with Crippen LogP contribution in [0.5, 0.6) is 11.5 Å². The highest BCUT2D eigenvalue weighted by Crippen LogP contribution is 2.38. The van der Waals surface area contributed by atoms with Crippen LogP contribution < -0.4 is 14.4 Å². The number of thioether (sulfide) groups is 1. The van der Waals surface area contributed by atoms with Crippen molar-refractivity contribution in [1.82, 2.24) is 0 Å². The molecule has 4 rings (SSSR count). The Morgan fingerprint density at radius 1 is 1.06 bits per heavy atom. The van der Waals surface area contributed by atoms with E-state index in [1.165, 1.54) is 48.0 Å². The zero-order chi connectivity index (χ0) is 23.5. The molecule has 1 fully saturated rings. The number of anilines is 1. The maximum atomic E-state index is 13.9. The van der Waals surface area contributed by atoms with Crippen LogP contribution in [0.25, 0.3) is 6.08 Å². The average molecular weight is 480 g/mol. The highest BCUT2D eigenvalue weighted by molar-refractivity contribution is 8.27. The van der Waals surface area contributed by atoms with Crippen molar-refractivity contribution in [3.63, 3.8) is 0 Å². The number of hydrogen-bond acceptors (Lipinski definition) is 6. The molecule has 166 valence electrons. The number of esters is 1. The lowest BCUT2D eigenvalue weighted by Crippen LogP contribution is -2.28. The number of ether oxygens (including phenoxy) is 2. The van der Waals surface area contributed by atoms with Crippen LogP contribution in [0.15, 0.2) is 71.6 Å². The van der Waals surface area contributed by atoms with Crippen LogP contribution in [0.2, 0.25) is 0 Å². The number of amides is 1. The number of halogens is 1. The summed E-state index contributed by atoms with van der Waals surface area (Å²) in [7, 11) is 1.43. The number of methoxy groups -OCH3 is 1. The van der Waals surface area contributed by atoms with Crippen molar-refractivity contribution in [1.29, 1.82) is 0 Å². The highest BCUT2D eigenvalue weighted by Gasteiger charge is 2.34. The largest absolute Gasteiger partial charge is 0.493 e. The third-order valence-electron chi connectivity index (χ3n) is 4.93. The molecule has 8 heteroatoms. The smallest absolute Gasteiger partial charge is 0.346 e. The molecule has 3 aromatic rings. The standard InChI is InChI=1S/C25H18FNO4S2/c1-15-7-3-6-10-19(15)27-23(28)22(33-25(27)32)14-16-11-12-20(21(13-16)30-2)31-24(29)17-8-4-5-9-18(17)26/h3-14H,1-2H3. The van der Waals surface area contributed by atoms with Crippen molar-refractivity contribution in [2.24, 2.45) is 0 Å². The van der Waals surface area contributed by atoms with Crippen molar-refractivity contribution >= 4 is 51.9 Å². The van der Waals surface area contributed by atoms with Gasteiger partial charge in [-0.05, 0) is 54.5 Å². The minimum absolute atomic E-state index is 0.135. The van der Waals surface area contributed by atoms with Gasteiger partial charge in [-0.15, -0.1) is 0 Å². The Morgan fingerprint density at radius 3 is 2.52 bits per heavy atom. The SMILES string of the molecule is COc1cc(C=C2SC(=S)N(c3ccccc3C)C2=O)ccc1OC(=O)c1ccccc1F. The van der Waals surface area contributed by atoms with Gasteiger partial charge in [0.15, 0.2) is 15.8 Å². The van der Waals surface area contributed by atoms with Gasteiger partial charge < -0.3 is 9.47 Å². The Labute approximate surface area is 199 Å². The Hall–Kier alpha value is -3.49. The van der Waals surface area contributed by atoms with Gasteiger partial charge in [-0.1, -0.05) is 60.4 Å². The monoisotopic (exact) mass is 479 g/mol. The predicted molar refractivity (Wildman–Crippen MR) is 131 cm³/mol. The van der Waals surface area contributed by atoms with Crippen LogP contribution in [-0.4, -0.2) is 23.3 Å². The molecule has 0 bridgehead atoms. The zero-order valence-corrected chi connectivity index (χ0v) is 19.3. The summed E-state index contributed by atoms with van der Waals surface area (Å²) in [4.78, 5) is 27.4. The molecule has 0 atom stereocenters. The summed E-state index contributed by atoms with van der Waals surface area (Å²) in [5, 5.41) is 0. The fourth-order valence-electron chi connectivity index (χ4n) is 3.28. The van der Waals surface area contributed by atoms with Gasteiger partial charge in [0.2, 0.25) is 0 Å². The van der Waals surface area contributed by atoms with Gasteiger partial charge in [0, 0.05) is 0 Å². The number of benzene rings is 3. The van der Waals surface area contributed by atoms with Gasteiger partial charge in [-0.25, -0.2) is 9.18 Å². The van der Waals surface area contributed by atoms with Gasteiger partial charge in [-0.3, -0.25) is 9.69 Å². The predicted octanol–water partition coefficient (Wildman–Crippen LogP) is 5.77. The quantitative estimate of drug-likeness (QED) is 0.201. The van der Waals surface area contributed by atoms with Gasteiger partial charge in [0.1, 0.15) is 5.82 Å². The number of nitrogens with zero attached hydrogens (tertiary/aromatic N) is 1. The Bertz CT molecular complexity index is 1310. The second-order valence-electron chi connectivity index (χ2n) is 7.08. The molecule has 0 spiro atoms. The van der Waals surface area contributed by atoms with Crippen molar-refractivity contribution < 1.29 is 23.5 Å². The Kier molecular flexibility index (Phi) is 6.57. The molecule has 1 aliphatic rings. The van der Waals surface area contributed by atoms with Crippen LogP contribution in [0.3, 0.4) is 0 Å². The fourth-order valence-corrected chi connectivity index (χ4v) is 4.57. The van der Waals surface area contributed by atoms with E-state index < -0.39 is 11.8 Å². The first-order valence-corrected chi connectivity index (χ1v) is 11.1. The van der Waals surface area contributed by atoms with E-state index in [2.05, 4.69) is 0 Å². The molecular weight excluding hydrogens is 461 g/mol. The van der Waals surface area contributed by atoms with E-state index in [0.29, 0.717) is 14.8 Å². The molecule has 33 heavy (non-hydrogen) atoms. The maximum absolute atomic E-state index is 13.9. The summed E-state index contributed by atoms with van der Waals surface area (Å²) in [5.74, 6) is -1.32. The fraction of sp³-hybridized carbons (Fsp3) is 0.0800. The van der Waals surface area contributed by atoms with E-state index in [9.17, 15) is 14.0 Å². The van der Waals surface area contributed by atoms with Gasteiger partial charge in [-0.2, -0.15) is 0 Å². The molecular formula is C25H18FNO4S2. The van der Waals surface area contributed by atoms with Gasteiger partial charge >= 0.3 is 5.97 Å². The van der Waals surface area contributed by atoms with Crippen LogP contribution in [0, 0.1) is 12.7 Å². The lowest BCUT2D eigenvalue weighted by atomic mass is 10.1. The molecule has 0 radical (unpaired) electrons. The summed E-state index contributed by atoms with van der Waals surface area (Å²) in [6.07, 6.45) is 1.70. The summed E-state index contributed by atoms with van der Waals surface area (Å²) < 4.78 is 25.0. The summed E-state index contributed by atoms with van der Waals surface area (Å²) in [6.45, 7) is 1.92. The molecule has 5 nitrogen and oxygen atoms in total. The van der Waals surface area contributed by atoms with Gasteiger partial charge in [0.25, 0.3) is 5.91 Å². The van der Waals surface area contributed by atoms with Crippen LogP contribution in [-0.2, 0) is 4.79 Å². The van der Waals surface area contributed by atoms with Crippen LogP contribution in [0.1, 0.15) is 21.5 Å². The molecule has 0 unspecified atom stereocenters. The highest BCUT2D eigenvalue weighted by atomic mass is 32.2. The van der Waals surface area contributed by atoms with E-state index in [4.69, 9.17) is 21.7 Å². The van der Waals surface area contributed by atoms with Crippen molar-refractivity contribution in [3.8, 4) is 11.5 Å². The van der Waals surface area contributed by atoms with E-state index in [1.54, 1.807) is 24.3 Å². The number of thiocarbonyl (C=S) groups is 1. The van der Waals surface area contributed by atoms with Gasteiger partial charge in [0.05, 0.1) is 23.3 Å². The number of carbonyl (C=O) groups excluding carboxylic acids is 2. The summed E-state index contributed by atoms with van der Waals surface area (Å²) in [6, 6.07) is 17.9. The van der Waals surface area contributed by atoms with E-state index in [1.807, 2.05) is 31.2 Å². The molecule has 1 saturated heterocycles. The summed E-state index contributed by atoms with van der Waals surface area (Å²) >= 11 is 6.65. The first-order chi connectivity index (χ1) is 15.9. The number of hydrogen-bond donors (Lipinski definition) is 0. The second-order valence-corrected chi connectivity index (χ2v) is 8.76. The Morgan fingerprint density at radius 2 is 1.79 bits per heavy atom. The molecule has 1 amide bonds. The van der Waals surface area contributed by atoms with E-state index >= 15 is 0 Å². The Balaban J connectivity index is 1.59. The molecule has 3 aromatic carbocycles. The van der Waals surface area contributed by atoms with E-state index in [-0.39, 0.29) is 23.0 Å². The lowest BCUT2D eigenvalue weighted by molar-refractivity contribution is -0.113. The van der Waals surface area contributed by atoms with Crippen molar-refractivity contribution in [2.45, 2.75) is 6.92 Å². The molecule has 0 aliphatic carbocycles. The number of aryl methyl sites for hydroxylation is 1. The molecule has 0 saturated carbocycles.